The van der Waals surface area contributed by atoms with Gasteiger partial charge in [-0.2, -0.15) is 0 Å². The van der Waals surface area contributed by atoms with Crippen molar-refractivity contribution < 1.29 is 0 Å². The first kappa shape index (κ1) is 14.7. The average Bonchev–Trinajstić information content (AvgIpc) is 2.99. The van der Waals surface area contributed by atoms with Gasteiger partial charge in [0.25, 0.3) is 0 Å². The summed E-state index contributed by atoms with van der Waals surface area (Å²) in [7, 11) is -1.45. The molecule has 0 aromatic heterocycles. The Morgan fingerprint density at radius 1 is 1.16 bits per heavy atom. The molecule has 1 unspecified atom stereocenters. The van der Waals surface area contributed by atoms with E-state index in [2.05, 4.69) is 55.7 Å². The molecule has 1 atom stereocenters. The molecule has 0 spiro atoms. The van der Waals surface area contributed by atoms with Crippen molar-refractivity contribution in [2.45, 2.75) is 45.1 Å². The molecule has 2 nitrogen and oxygen atoms in total. The highest BCUT2D eigenvalue weighted by atomic mass is 32.2. The normalized spacial score (nSPS) is 18.8. The molecule has 1 aliphatic rings. The van der Waals surface area contributed by atoms with E-state index in [4.69, 9.17) is 4.99 Å². The minimum atomic E-state index is -1.45. The van der Waals surface area contributed by atoms with Crippen molar-refractivity contribution in [1.29, 1.82) is 0 Å². The van der Waals surface area contributed by atoms with Crippen LogP contribution in [0.2, 0.25) is 18.1 Å². The van der Waals surface area contributed by atoms with E-state index in [9.17, 15) is 0 Å². The summed E-state index contributed by atoms with van der Waals surface area (Å²) >= 11 is 1.84. The topological polar surface area (TPSA) is 15.6 Å². The van der Waals surface area contributed by atoms with Gasteiger partial charge in [-0.1, -0.05) is 39.0 Å². The molecule has 0 N–H and O–H groups in total. The molecule has 1 aromatic rings. The van der Waals surface area contributed by atoms with Gasteiger partial charge in [-0.15, -0.1) is 11.8 Å². The monoisotopic (exact) mass is 292 g/mol. The predicted molar refractivity (Wildman–Crippen MR) is 90.9 cm³/mol. The predicted octanol–water partition coefficient (Wildman–Crippen LogP) is 4.60. The molecule has 0 saturated carbocycles. The highest BCUT2D eigenvalue weighted by molar-refractivity contribution is 8.12. The van der Waals surface area contributed by atoms with E-state index in [1.807, 2.05) is 17.3 Å². The molecule has 19 heavy (non-hydrogen) atoms. The van der Waals surface area contributed by atoms with Crippen LogP contribution in [0.4, 0.5) is 5.69 Å². The van der Waals surface area contributed by atoms with Gasteiger partial charge >= 0.3 is 0 Å². The number of para-hydroxylation sites is 1. The van der Waals surface area contributed by atoms with Gasteiger partial charge in [-0.05, 0) is 30.3 Å². The Morgan fingerprint density at radius 2 is 1.79 bits per heavy atom. The van der Waals surface area contributed by atoms with Crippen molar-refractivity contribution in [3.63, 3.8) is 0 Å². The second-order valence-corrected chi connectivity index (χ2v) is 11.0. The first-order chi connectivity index (χ1) is 9.27. The van der Waals surface area contributed by atoms with Crippen LogP contribution in [0.1, 0.15) is 20.8 Å². The Hall–Kier alpha value is -0.743. The van der Waals surface area contributed by atoms with Gasteiger partial charge in [-0.3, -0.25) is 4.99 Å². The van der Waals surface area contributed by atoms with Gasteiger partial charge in [0.2, 0.25) is 0 Å². The fourth-order valence-corrected chi connectivity index (χ4v) is 7.90. The van der Waals surface area contributed by atoms with Crippen molar-refractivity contribution in [3.05, 3.63) is 30.3 Å². The van der Waals surface area contributed by atoms with Crippen LogP contribution in [0.25, 0.3) is 0 Å². The zero-order valence-electron chi connectivity index (χ0n) is 12.2. The van der Waals surface area contributed by atoms with E-state index < -0.39 is 8.24 Å². The van der Waals surface area contributed by atoms with Crippen molar-refractivity contribution in [2.24, 2.45) is 4.99 Å². The molecule has 1 heterocycles. The van der Waals surface area contributed by atoms with Crippen molar-refractivity contribution in [2.75, 3.05) is 10.3 Å². The summed E-state index contributed by atoms with van der Waals surface area (Å²) < 4.78 is 2.70. The van der Waals surface area contributed by atoms with Gasteiger partial charge in [-0.25, -0.2) is 0 Å². The summed E-state index contributed by atoms with van der Waals surface area (Å²) in [6.45, 7) is 7.09. The van der Waals surface area contributed by atoms with Crippen LogP contribution in [0.15, 0.2) is 35.3 Å². The summed E-state index contributed by atoms with van der Waals surface area (Å²) in [5, 5.41) is 0. The molecule has 0 amide bonds. The molecule has 2 rings (SSSR count). The second-order valence-electron chi connectivity index (χ2n) is 5.06. The highest BCUT2D eigenvalue weighted by Crippen LogP contribution is 2.34. The third-order valence-corrected chi connectivity index (χ3v) is 10.7. The Bertz CT molecular complexity index is 409. The van der Waals surface area contributed by atoms with Crippen LogP contribution in [0, 0.1) is 0 Å². The summed E-state index contributed by atoms with van der Waals surface area (Å²) in [5.41, 5.74) is 3.39. The zero-order valence-corrected chi connectivity index (χ0v) is 14.0. The molecule has 1 aromatic carbocycles. The molecule has 0 radical (unpaired) electrons. The maximum atomic E-state index is 4.72. The lowest BCUT2D eigenvalue weighted by atomic mass is 10.3. The quantitative estimate of drug-likeness (QED) is 0.712. The van der Waals surface area contributed by atoms with Gasteiger partial charge in [0, 0.05) is 11.4 Å². The largest absolute Gasteiger partial charge is 0.376 e. The molecule has 104 valence electrons. The Labute approximate surface area is 122 Å². The van der Waals surface area contributed by atoms with Gasteiger partial charge in [0.1, 0.15) is 6.17 Å². The van der Waals surface area contributed by atoms with Gasteiger partial charge in [0.05, 0.1) is 5.55 Å². The Morgan fingerprint density at radius 3 is 2.26 bits per heavy atom. The molecular weight excluding hydrogens is 268 g/mol. The number of aliphatic imine (C=N–C) groups is 1. The van der Waals surface area contributed by atoms with Crippen LogP contribution in [-0.4, -0.2) is 25.7 Å². The zero-order chi connectivity index (χ0) is 13.7. The number of anilines is 1. The summed E-state index contributed by atoms with van der Waals surface area (Å²) in [6.07, 6.45) is 0.346. The van der Waals surface area contributed by atoms with Crippen LogP contribution >= 0.6 is 11.8 Å². The lowest BCUT2D eigenvalue weighted by Crippen LogP contribution is -2.57. The molecule has 0 aliphatic carbocycles. The smallest absolute Gasteiger partial charge is 0.158 e. The lowest BCUT2D eigenvalue weighted by Gasteiger charge is -2.45. The highest BCUT2D eigenvalue weighted by Gasteiger charge is 2.39. The Balaban J connectivity index is 2.41. The molecule has 1 aliphatic heterocycles. The fourth-order valence-electron chi connectivity index (χ4n) is 3.04. The molecule has 4 heteroatoms. The maximum Gasteiger partial charge on any atom is 0.158 e. The molecule has 0 bridgehead atoms. The average molecular weight is 293 g/mol. The minimum Gasteiger partial charge on any atom is -0.376 e. The van der Waals surface area contributed by atoms with Crippen LogP contribution in [-0.2, 0) is 0 Å². The Kier molecular flexibility index (Phi) is 5.10. The number of rotatable bonds is 6. The third-order valence-electron chi connectivity index (χ3n) is 4.37. The summed E-state index contributed by atoms with van der Waals surface area (Å²) in [5.74, 6) is 1.10. The first-order valence-corrected chi connectivity index (χ1v) is 10.9. The van der Waals surface area contributed by atoms with Crippen molar-refractivity contribution >= 4 is 31.2 Å². The van der Waals surface area contributed by atoms with E-state index in [0.29, 0.717) is 6.17 Å². The maximum absolute atomic E-state index is 4.72. The van der Waals surface area contributed by atoms with Crippen LogP contribution in [0.3, 0.4) is 0 Å². The minimum absolute atomic E-state index is 0.346. The number of benzene rings is 1. The summed E-state index contributed by atoms with van der Waals surface area (Å²) in [6, 6.07) is 14.8. The van der Waals surface area contributed by atoms with Crippen LogP contribution in [0.5, 0.6) is 0 Å². The third kappa shape index (κ3) is 2.89. The lowest BCUT2D eigenvalue weighted by molar-refractivity contribution is 0.780. The van der Waals surface area contributed by atoms with E-state index in [0.717, 1.165) is 5.75 Å². The van der Waals surface area contributed by atoms with Crippen LogP contribution < -0.4 is 4.57 Å². The van der Waals surface area contributed by atoms with E-state index >= 15 is 0 Å². The van der Waals surface area contributed by atoms with Crippen molar-refractivity contribution in [3.8, 4) is 0 Å². The van der Waals surface area contributed by atoms with E-state index in [1.165, 1.54) is 23.8 Å². The number of thioether (sulfide) groups is 1. The summed E-state index contributed by atoms with van der Waals surface area (Å²) in [4.78, 5) is 4.72. The number of hydrogen-bond donors (Lipinski definition) is 0. The molecular formula is C15H24N2SSi. The SMILES string of the molecule is CC[Si](CC)(CC)N(c1ccccc1)C1CSC=N1. The number of nitrogens with zero attached hydrogens (tertiary/aromatic N) is 2. The standard InChI is InChI=1S/C15H24N2SSi/c1-4-19(5-2,6-3)17(15-12-18-13-16-15)14-10-8-7-9-11-14/h7-11,13,15H,4-6,12H2,1-3H3. The fraction of sp³-hybridized carbons (Fsp3) is 0.533. The van der Waals surface area contributed by atoms with Gasteiger partial charge < -0.3 is 4.57 Å². The van der Waals surface area contributed by atoms with Crippen molar-refractivity contribution in [1.82, 2.24) is 0 Å². The van der Waals surface area contributed by atoms with E-state index in [1.54, 1.807) is 0 Å². The second kappa shape index (κ2) is 6.62. The van der Waals surface area contributed by atoms with Gasteiger partial charge in [0.15, 0.2) is 8.24 Å². The molecule has 0 saturated heterocycles. The number of hydrogen-bond acceptors (Lipinski definition) is 3. The first-order valence-electron chi connectivity index (χ1n) is 7.25. The van der Waals surface area contributed by atoms with E-state index in [-0.39, 0.29) is 0 Å². The molecule has 0 fully saturated rings.